The first-order valence-electron chi connectivity index (χ1n) is 7.14. The predicted octanol–water partition coefficient (Wildman–Crippen LogP) is 3.65. The van der Waals surface area contributed by atoms with Gasteiger partial charge in [0.25, 0.3) is 5.69 Å². The number of nitrogens with one attached hydrogen (secondary N) is 1. The molecule has 0 saturated heterocycles. The van der Waals surface area contributed by atoms with Crippen LogP contribution in [0.1, 0.15) is 32.8 Å². The number of hydrogen-bond acceptors (Lipinski definition) is 4. The molecule has 0 aromatic heterocycles. The van der Waals surface area contributed by atoms with Crippen molar-refractivity contribution in [1.29, 1.82) is 0 Å². The Morgan fingerprint density at radius 1 is 1.52 bits per heavy atom. The van der Waals surface area contributed by atoms with Crippen LogP contribution in [0.5, 0.6) is 0 Å². The molecule has 0 amide bonds. The Labute approximate surface area is 133 Å². The van der Waals surface area contributed by atoms with Crippen LogP contribution >= 0.6 is 15.9 Å². The molecule has 0 bridgehead atoms. The molecule has 0 radical (unpaired) electrons. The standard InChI is InChI=1S/C15H21BrN2O3/c1-4-21-14-8-13(15(14,2)3)17-9-10-5-6-11(18(19)20)7-12(10)16/h5-7,13-14,17H,4,8-9H2,1-3H3. The van der Waals surface area contributed by atoms with Crippen molar-refractivity contribution < 1.29 is 9.66 Å². The maximum Gasteiger partial charge on any atom is 0.270 e. The Balaban J connectivity index is 1.94. The van der Waals surface area contributed by atoms with Crippen LogP contribution < -0.4 is 5.32 Å². The molecule has 0 spiro atoms. The van der Waals surface area contributed by atoms with Crippen LogP contribution in [-0.2, 0) is 11.3 Å². The van der Waals surface area contributed by atoms with Crippen molar-refractivity contribution >= 4 is 21.6 Å². The summed E-state index contributed by atoms with van der Waals surface area (Å²) in [6.07, 6.45) is 1.31. The molecule has 1 N–H and O–H groups in total. The van der Waals surface area contributed by atoms with E-state index in [1.165, 1.54) is 6.07 Å². The topological polar surface area (TPSA) is 64.4 Å². The fourth-order valence-corrected chi connectivity index (χ4v) is 3.25. The van der Waals surface area contributed by atoms with Gasteiger partial charge < -0.3 is 10.1 Å². The van der Waals surface area contributed by atoms with E-state index in [0.29, 0.717) is 18.7 Å². The van der Waals surface area contributed by atoms with Crippen molar-refractivity contribution in [1.82, 2.24) is 5.32 Å². The number of nitro groups is 1. The molecule has 5 nitrogen and oxygen atoms in total. The minimum Gasteiger partial charge on any atom is -0.378 e. The van der Waals surface area contributed by atoms with E-state index in [1.54, 1.807) is 12.1 Å². The van der Waals surface area contributed by atoms with Gasteiger partial charge >= 0.3 is 0 Å². The average molecular weight is 357 g/mol. The van der Waals surface area contributed by atoms with Crippen molar-refractivity contribution in [2.24, 2.45) is 5.41 Å². The largest absolute Gasteiger partial charge is 0.378 e. The number of nitro benzene ring substituents is 1. The summed E-state index contributed by atoms with van der Waals surface area (Å²) in [7, 11) is 0. The van der Waals surface area contributed by atoms with Gasteiger partial charge in [-0.25, -0.2) is 0 Å². The van der Waals surface area contributed by atoms with Crippen molar-refractivity contribution in [3.8, 4) is 0 Å². The van der Waals surface area contributed by atoms with Crippen LogP contribution in [0, 0.1) is 15.5 Å². The number of ether oxygens (including phenoxy) is 1. The van der Waals surface area contributed by atoms with Gasteiger partial charge in [-0.3, -0.25) is 10.1 Å². The molecular weight excluding hydrogens is 336 g/mol. The second-order valence-electron chi connectivity index (χ2n) is 5.97. The van der Waals surface area contributed by atoms with Gasteiger partial charge in [0, 0.05) is 41.2 Å². The molecular formula is C15H21BrN2O3. The summed E-state index contributed by atoms with van der Waals surface area (Å²) in [5.41, 5.74) is 1.24. The molecule has 21 heavy (non-hydrogen) atoms. The van der Waals surface area contributed by atoms with Crippen LogP contribution in [0.25, 0.3) is 0 Å². The fourth-order valence-electron chi connectivity index (χ4n) is 2.74. The normalized spacial score (nSPS) is 23.6. The molecule has 1 aromatic carbocycles. The third-order valence-electron chi connectivity index (χ3n) is 4.33. The summed E-state index contributed by atoms with van der Waals surface area (Å²) in [6.45, 7) is 7.86. The van der Waals surface area contributed by atoms with E-state index in [4.69, 9.17) is 4.74 Å². The highest BCUT2D eigenvalue weighted by atomic mass is 79.9. The molecule has 0 heterocycles. The Hall–Kier alpha value is -0.980. The monoisotopic (exact) mass is 356 g/mol. The first kappa shape index (κ1) is 16.4. The summed E-state index contributed by atoms with van der Waals surface area (Å²) < 4.78 is 6.48. The maximum absolute atomic E-state index is 10.7. The molecule has 2 unspecified atom stereocenters. The lowest BCUT2D eigenvalue weighted by molar-refractivity contribution is -0.384. The van der Waals surface area contributed by atoms with Gasteiger partial charge in [0.15, 0.2) is 0 Å². The minimum absolute atomic E-state index is 0.103. The lowest BCUT2D eigenvalue weighted by atomic mass is 9.64. The van der Waals surface area contributed by atoms with E-state index in [1.807, 2.05) is 6.92 Å². The van der Waals surface area contributed by atoms with Gasteiger partial charge in [-0.1, -0.05) is 29.8 Å². The number of nitrogens with zero attached hydrogens (tertiary/aromatic N) is 1. The highest BCUT2D eigenvalue weighted by Crippen LogP contribution is 2.43. The summed E-state index contributed by atoms with van der Waals surface area (Å²) in [4.78, 5) is 10.3. The van der Waals surface area contributed by atoms with Crippen molar-refractivity contribution in [2.45, 2.75) is 45.9 Å². The molecule has 1 aromatic rings. The molecule has 1 aliphatic carbocycles. The number of hydrogen-bond donors (Lipinski definition) is 1. The van der Waals surface area contributed by atoms with Gasteiger partial charge in [-0.05, 0) is 25.0 Å². The fraction of sp³-hybridized carbons (Fsp3) is 0.600. The smallest absolute Gasteiger partial charge is 0.270 e. The second-order valence-corrected chi connectivity index (χ2v) is 6.82. The molecule has 1 aliphatic rings. The molecule has 2 rings (SSSR count). The molecule has 0 aliphatic heterocycles. The highest BCUT2D eigenvalue weighted by Gasteiger charge is 2.48. The number of halogens is 1. The van der Waals surface area contributed by atoms with Gasteiger partial charge in [0.1, 0.15) is 0 Å². The predicted molar refractivity (Wildman–Crippen MR) is 85.2 cm³/mol. The Morgan fingerprint density at radius 3 is 2.76 bits per heavy atom. The summed E-state index contributed by atoms with van der Waals surface area (Å²) in [5, 5.41) is 14.2. The van der Waals surface area contributed by atoms with Crippen LogP contribution in [0.2, 0.25) is 0 Å². The second kappa shape index (κ2) is 6.42. The SMILES string of the molecule is CCOC1CC(NCc2ccc([N+](=O)[O-])cc2Br)C1(C)C. The van der Waals surface area contributed by atoms with E-state index in [0.717, 1.165) is 23.1 Å². The molecule has 1 fully saturated rings. The highest BCUT2D eigenvalue weighted by molar-refractivity contribution is 9.10. The number of rotatable bonds is 6. The van der Waals surface area contributed by atoms with Crippen LogP contribution in [-0.4, -0.2) is 23.7 Å². The van der Waals surface area contributed by atoms with Crippen molar-refractivity contribution in [3.63, 3.8) is 0 Å². The lowest BCUT2D eigenvalue weighted by Gasteiger charge is -2.52. The zero-order chi connectivity index (χ0) is 15.6. The summed E-state index contributed by atoms with van der Waals surface area (Å²) in [6, 6.07) is 5.28. The van der Waals surface area contributed by atoms with Gasteiger partial charge in [0.2, 0.25) is 0 Å². The van der Waals surface area contributed by atoms with E-state index in [-0.39, 0.29) is 16.0 Å². The Morgan fingerprint density at radius 2 is 2.24 bits per heavy atom. The van der Waals surface area contributed by atoms with E-state index in [9.17, 15) is 10.1 Å². The first-order chi connectivity index (χ1) is 9.86. The summed E-state index contributed by atoms with van der Waals surface area (Å²) in [5.74, 6) is 0. The van der Waals surface area contributed by atoms with Crippen molar-refractivity contribution in [2.75, 3.05) is 6.61 Å². The minimum atomic E-state index is -0.385. The van der Waals surface area contributed by atoms with E-state index in [2.05, 4.69) is 35.1 Å². The van der Waals surface area contributed by atoms with Gasteiger partial charge in [-0.15, -0.1) is 0 Å². The lowest BCUT2D eigenvalue weighted by Crippen LogP contribution is -2.60. The van der Waals surface area contributed by atoms with Gasteiger partial charge in [-0.2, -0.15) is 0 Å². The molecule has 2 atom stereocenters. The Kier molecular flexibility index (Phi) is 5.01. The van der Waals surface area contributed by atoms with E-state index >= 15 is 0 Å². The third-order valence-corrected chi connectivity index (χ3v) is 5.07. The van der Waals surface area contributed by atoms with Crippen LogP contribution in [0.4, 0.5) is 5.69 Å². The van der Waals surface area contributed by atoms with E-state index < -0.39 is 0 Å². The zero-order valence-corrected chi connectivity index (χ0v) is 14.1. The van der Waals surface area contributed by atoms with Crippen LogP contribution in [0.3, 0.4) is 0 Å². The quantitative estimate of drug-likeness (QED) is 0.624. The van der Waals surface area contributed by atoms with Crippen LogP contribution in [0.15, 0.2) is 22.7 Å². The number of non-ortho nitro benzene ring substituents is 1. The van der Waals surface area contributed by atoms with Gasteiger partial charge in [0.05, 0.1) is 11.0 Å². The maximum atomic E-state index is 10.7. The third kappa shape index (κ3) is 3.44. The summed E-state index contributed by atoms with van der Waals surface area (Å²) >= 11 is 3.40. The number of benzene rings is 1. The first-order valence-corrected chi connectivity index (χ1v) is 7.93. The Bertz CT molecular complexity index is 534. The van der Waals surface area contributed by atoms with Crippen molar-refractivity contribution in [3.05, 3.63) is 38.3 Å². The molecule has 6 heteroatoms. The average Bonchev–Trinajstić information content (AvgIpc) is 2.43. The zero-order valence-electron chi connectivity index (χ0n) is 12.6. The molecule has 1 saturated carbocycles. The molecule has 116 valence electrons.